The molecule has 240 valence electrons. The molecule has 3 aromatic carbocycles. The summed E-state index contributed by atoms with van der Waals surface area (Å²) in [6.45, 7) is 4.28. The highest BCUT2D eigenvalue weighted by Crippen LogP contribution is 2.42. The van der Waals surface area contributed by atoms with E-state index in [2.05, 4.69) is 32.5 Å². The third kappa shape index (κ3) is 7.52. The lowest BCUT2D eigenvalue weighted by molar-refractivity contribution is 0.0977. The minimum Gasteiger partial charge on any atom is -0.507 e. The quantitative estimate of drug-likeness (QED) is 0.0486. The molecule has 12 nitrogen and oxygen atoms in total. The van der Waals surface area contributed by atoms with Gasteiger partial charge in [0.2, 0.25) is 11.9 Å². The summed E-state index contributed by atoms with van der Waals surface area (Å²) in [5.41, 5.74) is 12.1. The van der Waals surface area contributed by atoms with Crippen molar-refractivity contribution < 1.29 is 24.2 Å². The van der Waals surface area contributed by atoms with Crippen LogP contribution >= 0.6 is 0 Å². The van der Waals surface area contributed by atoms with Gasteiger partial charge in [0.1, 0.15) is 17.2 Å². The van der Waals surface area contributed by atoms with E-state index in [9.17, 15) is 14.7 Å². The lowest BCUT2D eigenvalue weighted by Gasteiger charge is -2.21. The number of carbonyl (C=O) groups excluding carboxylic acids is 2. The molecular weight excluding hydrogens is 586 g/mol. The largest absolute Gasteiger partial charge is 0.507 e. The molecule has 12 heteroatoms. The summed E-state index contributed by atoms with van der Waals surface area (Å²) in [4.78, 5) is 39.6. The first-order chi connectivity index (χ1) is 22.4. The molecule has 7 N–H and O–H groups in total. The van der Waals surface area contributed by atoms with Gasteiger partial charge in [0.05, 0.1) is 16.8 Å². The van der Waals surface area contributed by atoms with Crippen molar-refractivity contribution in [1.82, 2.24) is 15.0 Å². The van der Waals surface area contributed by atoms with Crippen LogP contribution in [0.4, 0.5) is 17.6 Å². The number of nitrogens with zero attached hydrogens (tertiary/aromatic N) is 3. The van der Waals surface area contributed by atoms with Crippen LogP contribution in [0.5, 0.6) is 29.0 Å². The molecule has 0 fully saturated rings. The van der Waals surface area contributed by atoms with E-state index in [1.165, 1.54) is 6.07 Å². The fraction of sp³-hybridized carbons (Fsp3) is 0.324. The van der Waals surface area contributed by atoms with Crippen LogP contribution in [-0.2, 0) is 0 Å². The van der Waals surface area contributed by atoms with E-state index < -0.39 is 11.6 Å². The molecule has 0 bridgehead atoms. The van der Waals surface area contributed by atoms with Crippen LogP contribution in [0.1, 0.15) is 83.7 Å². The number of aromatic nitrogens is 3. The van der Waals surface area contributed by atoms with Crippen molar-refractivity contribution in [3.05, 3.63) is 76.9 Å². The summed E-state index contributed by atoms with van der Waals surface area (Å²) in [6, 6.07) is 14.4. The standard InChI is InChI=1S/C34H39N7O5/c1-2-3-18-37-32-39-33(38-19-10-6-4-5-9-17-35)41-34(40-32)46-22-15-13-21(14-16-22)45-26-20-25(42)27-28(29(26)36)31(44)24-12-8-7-11-23(24)30(27)43/h7-8,11-16,20,42H,2-6,9-10,17-19,35-36H2,1H3,(H2,37,38,39,40,41). The number of ketones is 2. The number of nitrogen functional groups attached to an aromatic ring is 1. The van der Waals surface area contributed by atoms with Crippen LogP contribution in [-0.4, -0.2) is 51.3 Å². The minimum absolute atomic E-state index is 0.0372. The van der Waals surface area contributed by atoms with E-state index in [-0.39, 0.29) is 45.5 Å². The number of nitrogens with two attached hydrogens (primary N) is 2. The Hall–Kier alpha value is -5.23. The third-order valence-corrected chi connectivity index (χ3v) is 7.53. The fourth-order valence-electron chi connectivity index (χ4n) is 5.10. The molecule has 46 heavy (non-hydrogen) atoms. The van der Waals surface area contributed by atoms with Gasteiger partial charge in [-0.15, -0.1) is 0 Å². The van der Waals surface area contributed by atoms with Crippen molar-refractivity contribution in [3.8, 4) is 29.0 Å². The summed E-state index contributed by atoms with van der Waals surface area (Å²) in [5.74, 6) is 0.376. The lowest BCUT2D eigenvalue weighted by atomic mass is 9.82. The molecule has 1 aliphatic rings. The van der Waals surface area contributed by atoms with Crippen LogP contribution in [0.3, 0.4) is 0 Å². The maximum Gasteiger partial charge on any atom is 0.328 e. The molecule has 0 spiro atoms. The number of rotatable bonds is 16. The Labute approximate surface area is 267 Å². The normalized spacial score (nSPS) is 12.0. The van der Waals surface area contributed by atoms with Crippen molar-refractivity contribution in [2.24, 2.45) is 5.73 Å². The molecule has 0 unspecified atom stereocenters. The summed E-state index contributed by atoms with van der Waals surface area (Å²) >= 11 is 0. The maximum atomic E-state index is 13.2. The van der Waals surface area contributed by atoms with Gasteiger partial charge >= 0.3 is 6.01 Å². The molecule has 0 radical (unpaired) electrons. The molecule has 0 saturated carbocycles. The number of phenols is 1. The van der Waals surface area contributed by atoms with Crippen LogP contribution in [0.25, 0.3) is 0 Å². The number of phenolic OH excluding ortho intramolecular Hbond substituents is 1. The number of unbranched alkanes of at least 4 members (excludes halogenated alkanes) is 5. The molecular formula is C34H39N7O5. The number of fused-ring (bicyclic) bond motifs is 2. The summed E-state index contributed by atoms with van der Waals surface area (Å²) in [6.07, 6.45) is 7.40. The van der Waals surface area contributed by atoms with Crippen molar-refractivity contribution in [2.45, 2.75) is 51.9 Å². The first kappa shape index (κ1) is 32.2. The molecule has 1 aliphatic carbocycles. The number of anilines is 3. The van der Waals surface area contributed by atoms with E-state index in [0.29, 0.717) is 23.4 Å². The number of carbonyl (C=O) groups is 2. The molecule has 0 amide bonds. The van der Waals surface area contributed by atoms with Crippen molar-refractivity contribution in [3.63, 3.8) is 0 Å². The van der Waals surface area contributed by atoms with Crippen molar-refractivity contribution in [2.75, 3.05) is 36.0 Å². The van der Waals surface area contributed by atoms with E-state index in [4.69, 9.17) is 20.9 Å². The maximum absolute atomic E-state index is 13.2. The van der Waals surface area contributed by atoms with E-state index in [1.807, 2.05) is 0 Å². The molecule has 1 aromatic heterocycles. The predicted molar refractivity (Wildman–Crippen MR) is 176 cm³/mol. The average molecular weight is 626 g/mol. The topological polar surface area (TPSA) is 188 Å². The zero-order valence-corrected chi connectivity index (χ0v) is 25.8. The van der Waals surface area contributed by atoms with E-state index in [0.717, 1.165) is 64.6 Å². The second-order valence-electron chi connectivity index (χ2n) is 11.0. The smallest absolute Gasteiger partial charge is 0.328 e. The molecule has 0 atom stereocenters. The highest BCUT2D eigenvalue weighted by atomic mass is 16.5. The Morgan fingerprint density at radius 3 is 1.93 bits per heavy atom. The molecule has 5 rings (SSSR count). The second-order valence-corrected chi connectivity index (χ2v) is 11.0. The zero-order valence-electron chi connectivity index (χ0n) is 25.8. The first-order valence-electron chi connectivity index (χ1n) is 15.6. The summed E-state index contributed by atoms with van der Waals surface area (Å²) < 4.78 is 11.9. The number of nitrogens with one attached hydrogen (secondary N) is 2. The Balaban J connectivity index is 1.28. The van der Waals surface area contributed by atoms with Crippen molar-refractivity contribution >= 4 is 29.2 Å². The van der Waals surface area contributed by atoms with Crippen LogP contribution in [0, 0.1) is 0 Å². The number of aromatic hydroxyl groups is 1. The predicted octanol–water partition coefficient (Wildman–Crippen LogP) is 6.05. The zero-order chi connectivity index (χ0) is 32.5. The van der Waals surface area contributed by atoms with Gasteiger partial charge in [-0.2, -0.15) is 15.0 Å². The van der Waals surface area contributed by atoms with Crippen LogP contribution in [0.2, 0.25) is 0 Å². The van der Waals surface area contributed by atoms with Gasteiger partial charge in [0, 0.05) is 30.3 Å². The first-order valence-corrected chi connectivity index (χ1v) is 15.6. The fourth-order valence-corrected chi connectivity index (χ4v) is 5.10. The van der Waals surface area contributed by atoms with Crippen LogP contribution in [0.15, 0.2) is 54.6 Å². The number of ether oxygens (including phenoxy) is 2. The van der Waals surface area contributed by atoms with E-state index >= 15 is 0 Å². The molecule has 4 aromatic rings. The Kier molecular flexibility index (Phi) is 10.6. The Bertz CT molecular complexity index is 1690. The number of hydrogen-bond acceptors (Lipinski definition) is 12. The van der Waals surface area contributed by atoms with Gasteiger partial charge in [-0.3, -0.25) is 9.59 Å². The SMILES string of the molecule is CCCCNc1nc(NCCCCCCCN)nc(Oc2ccc(Oc3cc(O)c4c(c3N)C(=O)c3ccccc3C4=O)cc2)n1. The van der Waals surface area contributed by atoms with Gasteiger partial charge in [0.25, 0.3) is 0 Å². The Morgan fingerprint density at radius 1 is 0.739 bits per heavy atom. The highest BCUT2D eigenvalue weighted by Gasteiger charge is 2.35. The number of hydrogen-bond donors (Lipinski definition) is 5. The molecule has 0 aliphatic heterocycles. The molecule has 0 saturated heterocycles. The lowest BCUT2D eigenvalue weighted by Crippen LogP contribution is -2.22. The highest BCUT2D eigenvalue weighted by molar-refractivity contribution is 6.31. The van der Waals surface area contributed by atoms with Gasteiger partial charge < -0.3 is 36.7 Å². The van der Waals surface area contributed by atoms with Crippen molar-refractivity contribution in [1.29, 1.82) is 0 Å². The Morgan fingerprint density at radius 2 is 1.30 bits per heavy atom. The van der Waals surface area contributed by atoms with Gasteiger partial charge in [-0.1, -0.05) is 56.9 Å². The summed E-state index contributed by atoms with van der Waals surface area (Å²) in [5, 5.41) is 17.2. The van der Waals surface area contributed by atoms with Gasteiger partial charge in [-0.25, -0.2) is 0 Å². The molecule has 1 heterocycles. The third-order valence-electron chi connectivity index (χ3n) is 7.53. The average Bonchev–Trinajstić information content (AvgIpc) is 3.05. The minimum atomic E-state index is -0.471. The monoisotopic (exact) mass is 625 g/mol. The second kappa shape index (κ2) is 15.2. The van der Waals surface area contributed by atoms with Gasteiger partial charge in [-0.05, 0) is 50.1 Å². The van der Waals surface area contributed by atoms with Gasteiger partial charge in [0.15, 0.2) is 17.3 Å². The summed E-state index contributed by atoms with van der Waals surface area (Å²) in [7, 11) is 0. The van der Waals surface area contributed by atoms with Crippen LogP contribution < -0.4 is 31.6 Å². The van der Waals surface area contributed by atoms with E-state index in [1.54, 1.807) is 48.5 Å². The number of benzene rings is 3.